The van der Waals surface area contributed by atoms with Crippen LogP contribution in [0.2, 0.25) is 0 Å². The Morgan fingerprint density at radius 1 is 1.17 bits per heavy atom. The summed E-state index contributed by atoms with van der Waals surface area (Å²) in [5.41, 5.74) is 0. The van der Waals surface area contributed by atoms with Gasteiger partial charge in [0.1, 0.15) is 30.6 Å². The first-order valence-corrected chi connectivity index (χ1v) is 6.72. The van der Waals surface area contributed by atoms with Gasteiger partial charge >= 0.3 is 7.75 Å². The molecule has 0 aliphatic carbocycles. The molecule has 0 spiro atoms. The zero-order chi connectivity index (χ0) is 13.9. The molecule has 0 bridgehead atoms. The van der Waals surface area contributed by atoms with E-state index in [1.165, 1.54) is 0 Å². The number of rotatable bonds is 5. The maximum atomic E-state index is 11.8. The molecule has 1 heterocycles. The maximum Gasteiger partial charge on any atom is 0.407 e. The molecule has 5 N–H and O–H groups in total. The molecule has 0 aromatic rings. The minimum atomic E-state index is -3.68. The SMILES string of the molecule is COP(=O)(N[C@H]1O[C@@H](CO)[C@H](O)[C@@H](O)[C@@H]1O)OC. The van der Waals surface area contributed by atoms with Crippen molar-refractivity contribution in [2.75, 3.05) is 20.8 Å². The topological polar surface area (TPSA) is 138 Å². The molecule has 0 amide bonds. The van der Waals surface area contributed by atoms with Crippen LogP contribution in [0.4, 0.5) is 0 Å². The first-order chi connectivity index (χ1) is 8.38. The third-order valence-corrected chi connectivity index (χ3v) is 4.19. The first kappa shape index (κ1) is 16.0. The highest BCUT2D eigenvalue weighted by Crippen LogP contribution is 2.43. The van der Waals surface area contributed by atoms with E-state index in [4.69, 9.17) is 9.84 Å². The summed E-state index contributed by atoms with van der Waals surface area (Å²) in [5, 5.41) is 39.9. The van der Waals surface area contributed by atoms with Crippen LogP contribution >= 0.6 is 7.75 Å². The number of hydrogen-bond acceptors (Lipinski definition) is 8. The zero-order valence-corrected chi connectivity index (χ0v) is 10.9. The molecule has 0 aromatic carbocycles. The second-order valence-corrected chi connectivity index (χ2v) is 5.72. The molecule has 1 rings (SSSR count). The number of ether oxygens (including phenoxy) is 1. The van der Waals surface area contributed by atoms with Gasteiger partial charge in [0.25, 0.3) is 0 Å². The van der Waals surface area contributed by atoms with Crippen LogP contribution in [0, 0.1) is 0 Å². The number of aliphatic hydroxyl groups excluding tert-OH is 4. The summed E-state index contributed by atoms with van der Waals surface area (Å²) in [6.07, 6.45) is -7.00. The van der Waals surface area contributed by atoms with Crippen LogP contribution < -0.4 is 5.09 Å². The van der Waals surface area contributed by atoms with Crippen LogP contribution in [0.1, 0.15) is 0 Å². The summed E-state index contributed by atoms with van der Waals surface area (Å²) in [5.74, 6) is 0. The molecule has 1 fully saturated rings. The van der Waals surface area contributed by atoms with Crippen molar-refractivity contribution in [1.29, 1.82) is 0 Å². The lowest BCUT2D eigenvalue weighted by molar-refractivity contribution is -0.232. The van der Waals surface area contributed by atoms with Gasteiger partial charge in [0.05, 0.1) is 6.61 Å². The Bertz CT molecular complexity index is 305. The summed E-state index contributed by atoms with van der Waals surface area (Å²) in [7, 11) is -1.43. The van der Waals surface area contributed by atoms with Gasteiger partial charge < -0.3 is 34.2 Å². The third-order valence-electron chi connectivity index (χ3n) is 2.66. The van der Waals surface area contributed by atoms with E-state index in [1.807, 2.05) is 0 Å². The quantitative estimate of drug-likeness (QED) is 0.356. The van der Waals surface area contributed by atoms with Crippen LogP contribution in [-0.2, 0) is 18.3 Å². The molecule has 0 saturated carbocycles. The average molecular weight is 287 g/mol. The first-order valence-electron chi connectivity index (χ1n) is 5.18. The molecule has 5 atom stereocenters. The predicted octanol–water partition coefficient (Wildman–Crippen LogP) is -2.22. The van der Waals surface area contributed by atoms with Gasteiger partial charge in [-0.25, -0.2) is 4.57 Å². The molecular formula is C8H18NO8P. The van der Waals surface area contributed by atoms with Gasteiger partial charge in [-0.15, -0.1) is 0 Å². The van der Waals surface area contributed by atoms with E-state index in [9.17, 15) is 19.9 Å². The Morgan fingerprint density at radius 2 is 1.72 bits per heavy atom. The lowest BCUT2D eigenvalue weighted by Gasteiger charge is -2.40. The second-order valence-electron chi connectivity index (χ2n) is 3.74. The van der Waals surface area contributed by atoms with E-state index in [0.29, 0.717) is 0 Å². The third kappa shape index (κ3) is 3.27. The number of hydrogen-bond donors (Lipinski definition) is 5. The van der Waals surface area contributed by atoms with Crippen molar-refractivity contribution < 1.29 is 38.8 Å². The molecule has 10 heteroatoms. The fourth-order valence-corrected chi connectivity index (χ4v) is 2.43. The molecule has 1 aliphatic heterocycles. The van der Waals surface area contributed by atoms with E-state index in [1.54, 1.807) is 0 Å². The highest BCUT2D eigenvalue weighted by molar-refractivity contribution is 7.51. The second kappa shape index (κ2) is 6.38. The van der Waals surface area contributed by atoms with Gasteiger partial charge in [-0.1, -0.05) is 0 Å². The Morgan fingerprint density at radius 3 is 2.17 bits per heavy atom. The molecule has 18 heavy (non-hydrogen) atoms. The Kier molecular flexibility index (Phi) is 5.66. The fraction of sp³-hybridized carbons (Fsp3) is 1.00. The van der Waals surface area contributed by atoms with Gasteiger partial charge in [-0.2, -0.15) is 5.09 Å². The van der Waals surface area contributed by atoms with Gasteiger partial charge in [0, 0.05) is 14.2 Å². The van der Waals surface area contributed by atoms with Crippen LogP contribution in [-0.4, -0.2) is 71.9 Å². The Balaban J connectivity index is 2.79. The van der Waals surface area contributed by atoms with Crippen molar-refractivity contribution in [3.8, 4) is 0 Å². The molecule has 108 valence electrons. The number of aliphatic hydroxyl groups is 4. The summed E-state index contributed by atoms with van der Waals surface area (Å²) in [6.45, 7) is -0.576. The number of nitrogens with one attached hydrogen (secondary N) is 1. The van der Waals surface area contributed by atoms with Crippen molar-refractivity contribution >= 4 is 7.75 Å². The molecule has 9 nitrogen and oxygen atoms in total. The highest BCUT2D eigenvalue weighted by atomic mass is 31.2. The summed E-state index contributed by atoms with van der Waals surface area (Å²) < 4.78 is 26.1. The van der Waals surface area contributed by atoms with E-state index in [2.05, 4.69) is 14.1 Å². The zero-order valence-electron chi connectivity index (χ0n) is 9.96. The fourth-order valence-electron chi connectivity index (χ4n) is 1.54. The van der Waals surface area contributed by atoms with Crippen LogP contribution in [0.5, 0.6) is 0 Å². The van der Waals surface area contributed by atoms with Crippen molar-refractivity contribution in [3.63, 3.8) is 0 Å². The van der Waals surface area contributed by atoms with Gasteiger partial charge in [0.15, 0.2) is 0 Å². The molecule has 0 radical (unpaired) electrons. The van der Waals surface area contributed by atoms with Gasteiger partial charge in [-0.05, 0) is 0 Å². The van der Waals surface area contributed by atoms with E-state index < -0.39 is 45.0 Å². The predicted molar refractivity (Wildman–Crippen MR) is 58.5 cm³/mol. The van der Waals surface area contributed by atoms with E-state index >= 15 is 0 Å². The van der Waals surface area contributed by atoms with Gasteiger partial charge in [-0.3, -0.25) is 0 Å². The summed E-state index contributed by atoms with van der Waals surface area (Å²) in [6, 6.07) is 0. The minimum absolute atomic E-state index is 0.576. The Labute approximate surface area is 104 Å². The van der Waals surface area contributed by atoms with Crippen LogP contribution in [0.15, 0.2) is 0 Å². The lowest BCUT2D eigenvalue weighted by Crippen LogP contribution is -2.61. The van der Waals surface area contributed by atoms with Crippen molar-refractivity contribution in [2.45, 2.75) is 30.6 Å². The molecular weight excluding hydrogens is 269 g/mol. The standard InChI is InChI=1S/C8H18NO8P/c1-15-18(14,16-2)9-8-7(13)6(12)5(11)4(3-10)17-8/h4-8,10-13H,3H2,1-2H3,(H,9,14)/t4-,5-,6+,7-,8-/m0/s1. The van der Waals surface area contributed by atoms with Crippen LogP contribution in [0.25, 0.3) is 0 Å². The summed E-state index contributed by atoms with van der Waals surface area (Å²) >= 11 is 0. The normalized spacial score (nSPS) is 37.8. The summed E-state index contributed by atoms with van der Waals surface area (Å²) in [4.78, 5) is 0. The average Bonchev–Trinajstić information content (AvgIpc) is 2.39. The maximum absolute atomic E-state index is 11.8. The lowest BCUT2D eigenvalue weighted by atomic mass is 9.99. The van der Waals surface area contributed by atoms with E-state index in [0.717, 1.165) is 14.2 Å². The monoisotopic (exact) mass is 287 g/mol. The minimum Gasteiger partial charge on any atom is -0.394 e. The molecule has 1 aliphatic rings. The molecule has 0 aromatic heterocycles. The Hall–Kier alpha value is -0.0900. The van der Waals surface area contributed by atoms with Gasteiger partial charge in [0.2, 0.25) is 0 Å². The van der Waals surface area contributed by atoms with Crippen molar-refractivity contribution in [1.82, 2.24) is 5.09 Å². The largest absolute Gasteiger partial charge is 0.407 e. The molecule has 1 saturated heterocycles. The van der Waals surface area contributed by atoms with Crippen molar-refractivity contribution in [3.05, 3.63) is 0 Å². The smallest absolute Gasteiger partial charge is 0.394 e. The van der Waals surface area contributed by atoms with Crippen molar-refractivity contribution in [2.24, 2.45) is 0 Å². The van der Waals surface area contributed by atoms with E-state index in [-0.39, 0.29) is 0 Å². The highest BCUT2D eigenvalue weighted by Gasteiger charge is 2.45. The molecule has 0 unspecified atom stereocenters. The van der Waals surface area contributed by atoms with Crippen LogP contribution in [0.3, 0.4) is 0 Å².